The molecule has 2 rings (SSSR count). The van der Waals surface area contributed by atoms with Gasteiger partial charge in [-0.3, -0.25) is 0 Å². The Bertz CT molecular complexity index is 643. The van der Waals surface area contributed by atoms with Crippen LogP contribution < -0.4 is 0 Å². The highest BCUT2D eigenvalue weighted by molar-refractivity contribution is 6.31. The summed E-state index contributed by atoms with van der Waals surface area (Å²) in [5, 5.41) is 17.0. The molecule has 0 saturated carbocycles. The molecule has 0 fully saturated rings. The SMILES string of the molecule is CCCc1c(C(=O)O)nnn1Cc1cc(F)ccc1Cl. The average Bonchev–Trinajstić information content (AvgIpc) is 2.78. The van der Waals surface area contributed by atoms with Gasteiger partial charge in [0.25, 0.3) is 0 Å². The first-order valence-corrected chi connectivity index (χ1v) is 6.50. The lowest BCUT2D eigenvalue weighted by Gasteiger charge is -2.08. The Morgan fingerprint density at radius 3 is 2.90 bits per heavy atom. The lowest BCUT2D eigenvalue weighted by atomic mass is 10.2. The summed E-state index contributed by atoms with van der Waals surface area (Å²) in [4.78, 5) is 11.1. The van der Waals surface area contributed by atoms with E-state index in [1.54, 1.807) is 0 Å². The number of aromatic carboxylic acids is 1. The van der Waals surface area contributed by atoms with Gasteiger partial charge in [-0.2, -0.15) is 0 Å². The Morgan fingerprint density at radius 2 is 2.25 bits per heavy atom. The van der Waals surface area contributed by atoms with E-state index < -0.39 is 11.8 Å². The predicted molar refractivity (Wildman–Crippen MR) is 71.5 cm³/mol. The molecule has 0 amide bonds. The van der Waals surface area contributed by atoms with Gasteiger partial charge in [-0.05, 0) is 30.2 Å². The van der Waals surface area contributed by atoms with Crippen molar-refractivity contribution in [1.82, 2.24) is 15.0 Å². The summed E-state index contributed by atoms with van der Waals surface area (Å²) in [6.45, 7) is 2.12. The number of nitrogens with zero attached hydrogens (tertiary/aromatic N) is 3. The highest BCUT2D eigenvalue weighted by atomic mass is 35.5. The van der Waals surface area contributed by atoms with E-state index in [9.17, 15) is 9.18 Å². The van der Waals surface area contributed by atoms with Crippen LogP contribution in [0.3, 0.4) is 0 Å². The van der Waals surface area contributed by atoms with Crippen molar-refractivity contribution >= 4 is 17.6 Å². The highest BCUT2D eigenvalue weighted by Gasteiger charge is 2.18. The maximum absolute atomic E-state index is 13.2. The number of rotatable bonds is 5. The van der Waals surface area contributed by atoms with Crippen molar-refractivity contribution in [3.05, 3.63) is 46.0 Å². The van der Waals surface area contributed by atoms with Crippen molar-refractivity contribution in [3.63, 3.8) is 0 Å². The Balaban J connectivity index is 2.38. The summed E-state index contributed by atoms with van der Waals surface area (Å²) in [6.07, 6.45) is 1.28. The van der Waals surface area contributed by atoms with Crippen LogP contribution in [0.25, 0.3) is 0 Å². The standard InChI is InChI=1S/C13H13ClFN3O2/c1-2-3-11-12(13(19)20)16-17-18(11)7-8-6-9(15)4-5-10(8)14/h4-6H,2-3,7H2,1H3,(H,19,20). The second-order valence-corrected chi connectivity index (χ2v) is 4.74. The molecule has 0 saturated heterocycles. The van der Waals surface area contributed by atoms with Crippen molar-refractivity contribution < 1.29 is 14.3 Å². The van der Waals surface area contributed by atoms with Gasteiger partial charge in [-0.1, -0.05) is 30.2 Å². The predicted octanol–water partition coefficient (Wildman–Crippen LogP) is 2.77. The summed E-state index contributed by atoms with van der Waals surface area (Å²) in [5.41, 5.74) is 0.977. The number of carboxylic acids is 1. The molecule has 1 aromatic heterocycles. The van der Waals surface area contributed by atoms with Crippen LogP contribution in [-0.2, 0) is 13.0 Å². The summed E-state index contributed by atoms with van der Waals surface area (Å²) >= 11 is 6.00. The van der Waals surface area contributed by atoms with Gasteiger partial charge in [-0.15, -0.1) is 5.10 Å². The van der Waals surface area contributed by atoms with Crippen LogP contribution in [0, 0.1) is 5.82 Å². The molecule has 0 aliphatic rings. The Labute approximate surface area is 120 Å². The molecule has 0 atom stereocenters. The summed E-state index contributed by atoms with van der Waals surface area (Å²) in [5.74, 6) is -1.52. The molecule has 1 N–H and O–H groups in total. The maximum Gasteiger partial charge on any atom is 0.358 e. The largest absolute Gasteiger partial charge is 0.476 e. The van der Waals surface area contributed by atoms with Crippen LogP contribution in [0.5, 0.6) is 0 Å². The van der Waals surface area contributed by atoms with Crippen LogP contribution >= 0.6 is 11.6 Å². The maximum atomic E-state index is 13.2. The lowest BCUT2D eigenvalue weighted by molar-refractivity contribution is 0.0689. The molecule has 1 aromatic carbocycles. The van der Waals surface area contributed by atoms with Crippen LogP contribution in [-0.4, -0.2) is 26.1 Å². The van der Waals surface area contributed by atoms with Crippen molar-refractivity contribution in [2.45, 2.75) is 26.3 Å². The minimum atomic E-state index is -1.12. The van der Waals surface area contributed by atoms with Crippen LogP contribution in [0.1, 0.15) is 35.1 Å². The molecule has 0 aliphatic carbocycles. The number of carbonyl (C=O) groups is 1. The van der Waals surface area contributed by atoms with Crippen molar-refractivity contribution in [2.24, 2.45) is 0 Å². The average molecular weight is 298 g/mol. The number of carboxylic acid groups (broad SMARTS) is 1. The van der Waals surface area contributed by atoms with Gasteiger partial charge >= 0.3 is 5.97 Å². The van der Waals surface area contributed by atoms with E-state index in [0.717, 1.165) is 6.42 Å². The Morgan fingerprint density at radius 1 is 1.50 bits per heavy atom. The van der Waals surface area contributed by atoms with E-state index in [0.29, 0.717) is 22.7 Å². The number of aromatic nitrogens is 3. The molecular weight excluding hydrogens is 285 g/mol. The zero-order valence-electron chi connectivity index (χ0n) is 10.8. The molecule has 0 unspecified atom stereocenters. The molecule has 0 bridgehead atoms. The first-order chi connectivity index (χ1) is 9.52. The van der Waals surface area contributed by atoms with Gasteiger partial charge in [-0.25, -0.2) is 13.9 Å². The molecule has 20 heavy (non-hydrogen) atoms. The van der Waals surface area contributed by atoms with E-state index in [1.165, 1.54) is 22.9 Å². The number of halogens is 2. The fourth-order valence-electron chi connectivity index (χ4n) is 1.94. The van der Waals surface area contributed by atoms with Crippen molar-refractivity contribution in [3.8, 4) is 0 Å². The van der Waals surface area contributed by atoms with Gasteiger partial charge in [0.1, 0.15) is 5.82 Å². The smallest absolute Gasteiger partial charge is 0.358 e. The molecule has 7 heteroatoms. The third kappa shape index (κ3) is 2.96. The summed E-state index contributed by atoms with van der Waals surface area (Å²) in [6, 6.07) is 4.03. The molecule has 0 radical (unpaired) electrons. The second kappa shape index (κ2) is 6.00. The van der Waals surface area contributed by atoms with Gasteiger partial charge in [0.2, 0.25) is 0 Å². The zero-order valence-corrected chi connectivity index (χ0v) is 11.6. The fraction of sp³-hybridized carbons (Fsp3) is 0.308. The summed E-state index contributed by atoms with van der Waals surface area (Å²) < 4.78 is 14.7. The minimum Gasteiger partial charge on any atom is -0.476 e. The quantitative estimate of drug-likeness (QED) is 0.921. The second-order valence-electron chi connectivity index (χ2n) is 4.33. The van der Waals surface area contributed by atoms with E-state index in [4.69, 9.17) is 16.7 Å². The van der Waals surface area contributed by atoms with Gasteiger partial charge < -0.3 is 5.11 Å². The lowest BCUT2D eigenvalue weighted by Crippen LogP contribution is -2.09. The zero-order chi connectivity index (χ0) is 14.7. The van der Waals surface area contributed by atoms with Crippen LogP contribution in [0.15, 0.2) is 18.2 Å². The molecule has 5 nitrogen and oxygen atoms in total. The number of hydrogen-bond acceptors (Lipinski definition) is 3. The number of hydrogen-bond donors (Lipinski definition) is 1. The van der Waals surface area contributed by atoms with Crippen molar-refractivity contribution in [2.75, 3.05) is 0 Å². The Hall–Kier alpha value is -1.95. The van der Waals surface area contributed by atoms with E-state index >= 15 is 0 Å². The van der Waals surface area contributed by atoms with E-state index in [-0.39, 0.29) is 12.2 Å². The Kier molecular flexibility index (Phi) is 4.34. The van der Waals surface area contributed by atoms with Gasteiger partial charge in [0, 0.05) is 5.02 Å². The third-order valence-electron chi connectivity index (χ3n) is 2.85. The molecule has 2 aromatic rings. The molecule has 0 aliphatic heterocycles. The molecule has 0 spiro atoms. The number of benzene rings is 1. The minimum absolute atomic E-state index is 0.0700. The van der Waals surface area contributed by atoms with Crippen molar-refractivity contribution in [1.29, 1.82) is 0 Å². The molecular formula is C13H13ClFN3O2. The topological polar surface area (TPSA) is 68.0 Å². The highest BCUT2D eigenvalue weighted by Crippen LogP contribution is 2.19. The van der Waals surface area contributed by atoms with Gasteiger partial charge in [0.15, 0.2) is 5.69 Å². The fourth-order valence-corrected chi connectivity index (χ4v) is 2.11. The van der Waals surface area contributed by atoms with Crippen LogP contribution in [0.2, 0.25) is 5.02 Å². The molecule has 1 heterocycles. The monoisotopic (exact) mass is 297 g/mol. The van der Waals surface area contributed by atoms with E-state index in [1.807, 2.05) is 6.92 Å². The third-order valence-corrected chi connectivity index (χ3v) is 3.22. The normalized spacial score (nSPS) is 10.8. The van der Waals surface area contributed by atoms with Gasteiger partial charge in [0.05, 0.1) is 12.2 Å². The van der Waals surface area contributed by atoms with E-state index in [2.05, 4.69) is 10.3 Å². The molecule has 106 valence electrons. The first kappa shape index (κ1) is 14.5. The van der Waals surface area contributed by atoms with Crippen LogP contribution in [0.4, 0.5) is 4.39 Å². The first-order valence-electron chi connectivity index (χ1n) is 6.12. The summed E-state index contributed by atoms with van der Waals surface area (Å²) in [7, 11) is 0.